The van der Waals surface area contributed by atoms with Crippen LogP contribution in [-0.4, -0.2) is 43.6 Å². The second-order valence-corrected chi connectivity index (χ2v) is 6.14. The van der Waals surface area contributed by atoms with E-state index in [-0.39, 0.29) is 13.1 Å². The van der Waals surface area contributed by atoms with E-state index >= 15 is 0 Å². The molecule has 0 heterocycles. The molecule has 2 aromatic carbocycles. The number of benzene rings is 2. The Morgan fingerprint density at radius 1 is 0.844 bits per heavy atom. The SMILES string of the molecule is CNCC(=O)C(=O)NCc1ccccc1.NNC(=O)C(=O)NCc1ccc(OC=O)cc1. The summed E-state index contributed by atoms with van der Waals surface area (Å²) in [7, 11) is 1.63. The Morgan fingerprint density at radius 2 is 1.41 bits per heavy atom. The number of hydrogen-bond acceptors (Lipinski definition) is 8. The van der Waals surface area contributed by atoms with Crippen LogP contribution in [0.15, 0.2) is 54.6 Å². The number of carbonyl (C=O) groups excluding carboxylic acids is 5. The van der Waals surface area contributed by atoms with Gasteiger partial charge in [0.25, 0.3) is 12.4 Å². The Balaban J connectivity index is 0.000000323. The van der Waals surface area contributed by atoms with E-state index in [4.69, 9.17) is 5.84 Å². The van der Waals surface area contributed by atoms with Crippen LogP contribution in [0.2, 0.25) is 0 Å². The molecule has 0 fully saturated rings. The first kappa shape index (κ1) is 25.9. The lowest BCUT2D eigenvalue weighted by molar-refractivity contribution is -0.139. The number of amides is 3. The molecule has 0 spiro atoms. The van der Waals surface area contributed by atoms with Gasteiger partial charge < -0.3 is 20.7 Å². The van der Waals surface area contributed by atoms with Crippen molar-refractivity contribution in [3.63, 3.8) is 0 Å². The van der Waals surface area contributed by atoms with Crippen LogP contribution < -0.4 is 32.0 Å². The molecule has 0 saturated carbocycles. The van der Waals surface area contributed by atoms with Gasteiger partial charge in [-0.05, 0) is 30.3 Å². The Morgan fingerprint density at radius 3 is 1.94 bits per heavy atom. The van der Waals surface area contributed by atoms with Gasteiger partial charge in [-0.15, -0.1) is 0 Å². The number of ketones is 1. The van der Waals surface area contributed by atoms with Crippen molar-refractivity contribution in [2.45, 2.75) is 13.1 Å². The van der Waals surface area contributed by atoms with E-state index in [1.165, 1.54) is 0 Å². The third-order valence-corrected chi connectivity index (χ3v) is 3.78. The number of nitrogens with two attached hydrogens (primary N) is 1. The molecule has 170 valence electrons. The fourth-order valence-corrected chi connectivity index (χ4v) is 2.19. The van der Waals surface area contributed by atoms with Gasteiger partial charge in [0.05, 0.1) is 6.54 Å². The Kier molecular flexibility index (Phi) is 12.0. The summed E-state index contributed by atoms with van der Waals surface area (Å²) in [6.45, 7) is 0.950. The van der Waals surface area contributed by atoms with E-state index in [9.17, 15) is 24.0 Å². The van der Waals surface area contributed by atoms with Gasteiger partial charge >= 0.3 is 11.8 Å². The summed E-state index contributed by atoms with van der Waals surface area (Å²) in [5.74, 6) is 2.45. The zero-order chi connectivity index (χ0) is 23.8. The maximum atomic E-state index is 11.2. The fourth-order valence-electron chi connectivity index (χ4n) is 2.19. The van der Waals surface area contributed by atoms with Crippen molar-refractivity contribution >= 4 is 30.0 Å². The number of likely N-dealkylation sites (N-methyl/N-ethyl adjacent to an activating group) is 1. The van der Waals surface area contributed by atoms with E-state index in [1.807, 2.05) is 30.3 Å². The minimum absolute atomic E-state index is 0.0701. The number of hydrazine groups is 1. The van der Waals surface area contributed by atoms with Crippen molar-refractivity contribution in [3.8, 4) is 5.75 Å². The average Bonchev–Trinajstić information content (AvgIpc) is 2.82. The molecule has 3 amide bonds. The lowest BCUT2D eigenvalue weighted by Crippen LogP contribution is -2.42. The summed E-state index contributed by atoms with van der Waals surface area (Å²) < 4.78 is 4.59. The van der Waals surface area contributed by atoms with E-state index in [1.54, 1.807) is 36.7 Å². The molecule has 32 heavy (non-hydrogen) atoms. The molecule has 0 radical (unpaired) electrons. The summed E-state index contributed by atoms with van der Waals surface area (Å²) in [5, 5.41) is 7.55. The summed E-state index contributed by atoms with van der Waals surface area (Å²) in [5.41, 5.74) is 3.44. The van der Waals surface area contributed by atoms with Crippen LogP contribution in [0.25, 0.3) is 0 Å². The monoisotopic (exact) mass is 443 g/mol. The van der Waals surface area contributed by atoms with Gasteiger partial charge in [-0.2, -0.15) is 0 Å². The molecular weight excluding hydrogens is 418 g/mol. The van der Waals surface area contributed by atoms with Gasteiger partial charge in [-0.25, -0.2) is 5.84 Å². The first-order valence-electron chi connectivity index (χ1n) is 9.38. The van der Waals surface area contributed by atoms with Crippen molar-refractivity contribution in [2.24, 2.45) is 5.84 Å². The van der Waals surface area contributed by atoms with Gasteiger partial charge in [0, 0.05) is 13.1 Å². The zero-order valence-corrected chi connectivity index (χ0v) is 17.4. The molecule has 0 aliphatic rings. The molecule has 2 aromatic rings. The molecule has 0 saturated heterocycles. The first-order chi connectivity index (χ1) is 15.4. The van der Waals surface area contributed by atoms with Crippen molar-refractivity contribution in [3.05, 3.63) is 65.7 Å². The minimum Gasteiger partial charge on any atom is -0.429 e. The van der Waals surface area contributed by atoms with Crippen LogP contribution >= 0.6 is 0 Å². The molecule has 11 heteroatoms. The predicted octanol–water partition coefficient (Wildman–Crippen LogP) is -1.08. The summed E-state index contributed by atoms with van der Waals surface area (Å²) in [4.78, 5) is 54.2. The number of rotatable bonds is 9. The smallest absolute Gasteiger partial charge is 0.323 e. The number of carbonyl (C=O) groups is 5. The Hall–Kier alpha value is -4.09. The van der Waals surface area contributed by atoms with Gasteiger partial charge in [-0.1, -0.05) is 42.5 Å². The average molecular weight is 443 g/mol. The standard InChI is InChI=1S/C11H14N2O2.C10H11N3O4/c1-12-8-10(14)11(15)13-7-9-5-3-2-4-6-9;11-13-10(16)9(15)12-5-7-1-3-8(4-2-7)17-6-14/h2-6,12H,7-8H2,1H3,(H,13,15);1-4,6H,5,11H2,(H,12,15)(H,13,16). The summed E-state index contributed by atoms with van der Waals surface area (Å²) in [6.07, 6.45) is 0. The Labute approximate surface area is 184 Å². The first-order valence-corrected chi connectivity index (χ1v) is 9.38. The van der Waals surface area contributed by atoms with E-state index in [2.05, 4.69) is 20.7 Å². The van der Waals surface area contributed by atoms with Crippen LogP contribution in [0.4, 0.5) is 0 Å². The van der Waals surface area contributed by atoms with Gasteiger partial charge in [0.2, 0.25) is 5.78 Å². The molecule has 0 atom stereocenters. The van der Waals surface area contributed by atoms with E-state index in [0.29, 0.717) is 18.8 Å². The van der Waals surface area contributed by atoms with Crippen LogP contribution in [0.3, 0.4) is 0 Å². The largest absolute Gasteiger partial charge is 0.429 e. The van der Waals surface area contributed by atoms with Crippen LogP contribution in [0.5, 0.6) is 5.75 Å². The lowest BCUT2D eigenvalue weighted by atomic mass is 10.2. The van der Waals surface area contributed by atoms with Crippen molar-refractivity contribution in [2.75, 3.05) is 13.6 Å². The molecule has 0 aliphatic heterocycles. The highest BCUT2D eigenvalue weighted by Gasteiger charge is 2.11. The minimum atomic E-state index is -0.911. The van der Waals surface area contributed by atoms with Gasteiger partial charge in [0.15, 0.2) is 0 Å². The van der Waals surface area contributed by atoms with Gasteiger partial charge in [-0.3, -0.25) is 29.4 Å². The quantitative estimate of drug-likeness (QED) is 0.107. The molecular formula is C21H25N5O6. The molecule has 0 aliphatic carbocycles. The maximum Gasteiger partial charge on any atom is 0.323 e. The second kappa shape index (κ2) is 14.8. The van der Waals surface area contributed by atoms with Crippen molar-refractivity contribution in [1.82, 2.24) is 21.4 Å². The molecule has 0 aromatic heterocycles. The van der Waals surface area contributed by atoms with Crippen LogP contribution in [0.1, 0.15) is 11.1 Å². The normalized spacial score (nSPS) is 9.44. The second-order valence-electron chi connectivity index (χ2n) is 6.14. The van der Waals surface area contributed by atoms with Crippen molar-refractivity contribution in [1.29, 1.82) is 0 Å². The Bertz CT molecular complexity index is 903. The number of nitrogens with one attached hydrogen (secondary N) is 4. The third-order valence-electron chi connectivity index (χ3n) is 3.78. The zero-order valence-electron chi connectivity index (χ0n) is 17.4. The molecule has 0 unspecified atom stereocenters. The lowest BCUT2D eigenvalue weighted by Gasteiger charge is -2.04. The van der Waals surface area contributed by atoms with E-state index < -0.39 is 23.5 Å². The number of ether oxygens (including phenoxy) is 1. The topological polar surface area (TPSA) is 169 Å². The molecule has 2 rings (SSSR count). The fraction of sp³-hybridized carbons (Fsp3) is 0.190. The summed E-state index contributed by atoms with van der Waals surface area (Å²) >= 11 is 0. The number of hydrogen-bond donors (Lipinski definition) is 5. The third kappa shape index (κ3) is 10.1. The predicted molar refractivity (Wildman–Crippen MR) is 115 cm³/mol. The van der Waals surface area contributed by atoms with Crippen molar-refractivity contribution < 1.29 is 28.7 Å². The summed E-state index contributed by atoms with van der Waals surface area (Å²) in [6, 6.07) is 15.9. The van der Waals surface area contributed by atoms with E-state index in [0.717, 1.165) is 11.1 Å². The molecule has 6 N–H and O–H groups in total. The maximum absolute atomic E-state index is 11.2. The molecule has 0 bridgehead atoms. The highest BCUT2D eigenvalue weighted by molar-refractivity contribution is 6.37. The molecule has 11 nitrogen and oxygen atoms in total. The highest BCUT2D eigenvalue weighted by Crippen LogP contribution is 2.10. The van der Waals surface area contributed by atoms with Gasteiger partial charge in [0.1, 0.15) is 5.75 Å². The van der Waals surface area contributed by atoms with Crippen LogP contribution in [0, 0.1) is 0 Å². The highest BCUT2D eigenvalue weighted by atomic mass is 16.5. The number of Topliss-reactive ketones (excluding diaryl/α,β-unsaturated/α-hetero) is 1. The van der Waals surface area contributed by atoms with Crippen LogP contribution in [-0.2, 0) is 37.1 Å².